The summed E-state index contributed by atoms with van der Waals surface area (Å²) in [6, 6.07) is 5.72. The quantitative estimate of drug-likeness (QED) is 0.779. The van der Waals surface area contributed by atoms with Gasteiger partial charge in [0.15, 0.2) is 0 Å². The lowest BCUT2D eigenvalue weighted by Crippen LogP contribution is -2.48. The molecule has 2 amide bonds. The molecule has 1 saturated heterocycles. The first-order valence-corrected chi connectivity index (χ1v) is 7.08. The van der Waals surface area contributed by atoms with Crippen molar-refractivity contribution in [2.24, 2.45) is 11.8 Å². The molecule has 0 spiro atoms. The summed E-state index contributed by atoms with van der Waals surface area (Å²) >= 11 is 0. The maximum atomic E-state index is 12.2. The van der Waals surface area contributed by atoms with Gasteiger partial charge in [0.1, 0.15) is 0 Å². The predicted octanol–water partition coefficient (Wildman–Crippen LogP) is 1.37. The van der Waals surface area contributed by atoms with Gasteiger partial charge >= 0.3 is 0 Å². The Morgan fingerprint density at radius 1 is 1.35 bits per heavy atom. The summed E-state index contributed by atoms with van der Waals surface area (Å²) in [5.74, 6) is 0.502. The highest BCUT2D eigenvalue weighted by atomic mass is 16.2. The highest BCUT2D eigenvalue weighted by molar-refractivity contribution is 5.97. The Kier molecular flexibility index (Phi) is 3.44. The second-order valence-electron chi connectivity index (χ2n) is 5.62. The van der Waals surface area contributed by atoms with E-state index >= 15 is 0 Å². The number of rotatable bonds is 3. The number of fused-ring (bicyclic) bond motifs is 1. The minimum Gasteiger partial charge on any atom is -0.326 e. The Labute approximate surface area is 118 Å². The van der Waals surface area contributed by atoms with E-state index in [-0.39, 0.29) is 17.7 Å². The lowest BCUT2D eigenvalue weighted by Gasteiger charge is -2.31. The van der Waals surface area contributed by atoms with E-state index in [1.807, 2.05) is 25.1 Å². The van der Waals surface area contributed by atoms with Gasteiger partial charge in [0.2, 0.25) is 11.8 Å². The number of anilines is 2. The molecule has 1 aromatic carbocycles. The number of hydrogen-bond acceptors (Lipinski definition) is 3. The summed E-state index contributed by atoms with van der Waals surface area (Å²) in [7, 11) is 0. The van der Waals surface area contributed by atoms with Crippen LogP contribution in [0, 0.1) is 11.8 Å². The van der Waals surface area contributed by atoms with Crippen LogP contribution in [0.5, 0.6) is 0 Å². The van der Waals surface area contributed by atoms with Gasteiger partial charge in [-0.05, 0) is 43.1 Å². The van der Waals surface area contributed by atoms with Crippen molar-refractivity contribution >= 4 is 23.2 Å². The molecule has 20 heavy (non-hydrogen) atoms. The molecule has 1 aromatic rings. The van der Waals surface area contributed by atoms with E-state index < -0.39 is 0 Å². The zero-order chi connectivity index (χ0) is 14.1. The van der Waals surface area contributed by atoms with Gasteiger partial charge in [-0.25, -0.2) is 0 Å². The Balaban J connectivity index is 1.69. The van der Waals surface area contributed by atoms with E-state index in [4.69, 9.17) is 0 Å². The molecule has 1 unspecified atom stereocenters. The summed E-state index contributed by atoms with van der Waals surface area (Å²) in [6.45, 7) is 3.78. The number of nitrogens with one attached hydrogen (secondary N) is 3. The van der Waals surface area contributed by atoms with Crippen molar-refractivity contribution in [2.75, 3.05) is 23.7 Å². The van der Waals surface area contributed by atoms with Crippen molar-refractivity contribution in [1.82, 2.24) is 5.32 Å². The Hall–Kier alpha value is -1.88. The summed E-state index contributed by atoms with van der Waals surface area (Å²) in [6.07, 6.45) is 1.30. The molecule has 106 valence electrons. The largest absolute Gasteiger partial charge is 0.326 e. The minimum atomic E-state index is 0.00173. The molecule has 0 aliphatic carbocycles. The van der Waals surface area contributed by atoms with Gasteiger partial charge in [-0.3, -0.25) is 9.59 Å². The van der Waals surface area contributed by atoms with Crippen LogP contribution < -0.4 is 16.0 Å². The molecular formula is C15H19N3O2. The number of carbonyl (C=O) groups is 2. The third-order valence-corrected chi connectivity index (χ3v) is 4.21. The fraction of sp³-hybridized carbons (Fsp3) is 0.467. The number of carbonyl (C=O) groups excluding carboxylic acids is 2. The molecule has 1 atom stereocenters. The molecule has 2 aliphatic heterocycles. The van der Waals surface area contributed by atoms with Crippen LogP contribution in [0.3, 0.4) is 0 Å². The third kappa shape index (κ3) is 2.54. The van der Waals surface area contributed by atoms with Crippen LogP contribution in [0.15, 0.2) is 18.2 Å². The van der Waals surface area contributed by atoms with Crippen LogP contribution in [-0.2, 0) is 16.0 Å². The molecular weight excluding hydrogens is 254 g/mol. The van der Waals surface area contributed by atoms with Gasteiger partial charge in [0.25, 0.3) is 0 Å². The topological polar surface area (TPSA) is 70.2 Å². The summed E-state index contributed by atoms with van der Waals surface area (Å²) < 4.78 is 0. The molecule has 0 bridgehead atoms. The summed E-state index contributed by atoms with van der Waals surface area (Å²) in [5, 5.41) is 8.96. The fourth-order valence-corrected chi connectivity index (χ4v) is 2.58. The Bertz CT molecular complexity index is 552. The average Bonchev–Trinajstić information content (AvgIpc) is 2.36. The van der Waals surface area contributed by atoms with E-state index in [9.17, 15) is 9.59 Å². The molecule has 2 heterocycles. The molecule has 5 heteroatoms. The van der Waals surface area contributed by atoms with Crippen LogP contribution in [0.1, 0.15) is 18.9 Å². The predicted molar refractivity (Wildman–Crippen MR) is 77.5 cm³/mol. The van der Waals surface area contributed by atoms with Crippen LogP contribution in [0.4, 0.5) is 11.4 Å². The third-order valence-electron chi connectivity index (χ3n) is 4.21. The summed E-state index contributed by atoms with van der Waals surface area (Å²) in [5.41, 5.74) is 2.69. The zero-order valence-electron chi connectivity index (χ0n) is 11.5. The standard InChI is InChI=1S/C15H19N3O2/c1-9(11-7-16-8-11)15(20)17-12-4-2-10-3-5-14(19)18-13(10)6-12/h2,4,6,9,11,16H,3,5,7-8H2,1H3,(H,17,20)(H,18,19). The van der Waals surface area contributed by atoms with Gasteiger partial charge in [-0.2, -0.15) is 0 Å². The van der Waals surface area contributed by atoms with E-state index in [0.717, 1.165) is 36.4 Å². The van der Waals surface area contributed by atoms with Crippen molar-refractivity contribution in [3.63, 3.8) is 0 Å². The normalized spacial score (nSPS) is 19.6. The van der Waals surface area contributed by atoms with Crippen LogP contribution >= 0.6 is 0 Å². The molecule has 3 N–H and O–H groups in total. The maximum Gasteiger partial charge on any atom is 0.227 e. The lowest BCUT2D eigenvalue weighted by atomic mass is 9.88. The monoisotopic (exact) mass is 273 g/mol. The van der Waals surface area contributed by atoms with Crippen LogP contribution in [0.2, 0.25) is 0 Å². The van der Waals surface area contributed by atoms with E-state index in [0.29, 0.717) is 12.3 Å². The van der Waals surface area contributed by atoms with Crippen molar-refractivity contribution in [3.05, 3.63) is 23.8 Å². The first-order valence-electron chi connectivity index (χ1n) is 7.08. The van der Waals surface area contributed by atoms with Crippen molar-refractivity contribution in [3.8, 4) is 0 Å². The first-order chi connectivity index (χ1) is 9.63. The zero-order valence-corrected chi connectivity index (χ0v) is 11.5. The van der Waals surface area contributed by atoms with Crippen LogP contribution in [0.25, 0.3) is 0 Å². The highest BCUT2D eigenvalue weighted by Gasteiger charge is 2.28. The molecule has 0 aromatic heterocycles. The van der Waals surface area contributed by atoms with Crippen LogP contribution in [-0.4, -0.2) is 24.9 Å². The van der Waals surface area contributed by atoms with E-state index in [1.54, 1.807) is 0 Å². The van der Waals surface area contributed by atoms with Gasteiger partial charge < -0.3 is 16.0 Å². The molecule has 0 radical (unpaired) electrons. The molecule has 0 saturated carbocycles. The smallest absolute Gasteiger partial charge is 0.227 e. The van der Waals surface area contributed by atoms with Crippen molar-refractivity contribution < 1.29 is 9.59 Å². The SMILES string of the molecule is CC(C(=O)Nc1ccc2c(c1)NC(=O)CC2)C1CNC1. The summed E-state index contributed by atoms with van der Waals surface area (Å²) in [4.78, 5) is 23.6. The molecule has 2 aliphatic rings. The van der Waals surface area contributed by atoms with E-state index in [1.165, 1.54) is 0 Å². The second kappa shape index (κ2) is 5.25. The second-order valence-corrected chi connectivity index (χ2v) is 5.62. The number of hydrogen-bond donors (Lipinski definition) is 3. The van der Waals surface area contributed by atoms with Gasteiger partial charge in [0.05, 0.1) is 0 Å². The minimum absolute atomic E-state index is 0.00173. The molecule has 3 rings (SSSR count). The number of aryl methyl sites for hydroxylation is 1. The average molecular weight is 273 g/mol. The van der Waals surface area contributed by atoms with Gasteiger partial charge in [-0.15, -0.1) is 0 Å². The molecule has 1 fully saturated rings. The van der Waals surface area contributed by atoms with Gasteiger partial charge in [-0.1, -0.05) is 13.0 Å². The Morgan fingerprint density at radius 2 is 2.15 bits per heavy atom. The van der Waals surface area contributed by atoms with Crippen molar-refractivity contribution in [1.29, 1.82) is 0 Å². The fourth-order valence-electron chi connectivity index (χ4n) is 2.58. The van der Waals surface area contributed by atoms with Gasteiger partial charge in [0, 0.05) is 23.7 Å². The maximum absolute atomic E-state index is 12.2. The number of benzene rings is 1. The van der Waals surface area contributed by atoms with E-state index in [2.05, 4.69) is 16.0 Å². The number of amides is 2. The Morgan fingerprint density at radius 3 is 2.85 bits per heavy atom. The first kappa shape index (κ1) is 13.1. The molecule has 5 nitrogen and oxygen atoms in total. The lowest BCUT2D eigenvalue weighted by molar-refractivity contribution is -0.121. The highest BCUT2D eigenvalue weighted by Crippen LogP contribution is 2.26. The van der Waals surface area contributed by atoms with Crippen molar-refractivity contribution in [2.45, 2.75) is 19.8 Å².